The molecule has 1 aliphatic carbocycles. The zero-order chi connectivity index (χ0) is 13.3. The molecule has 0 heterocycles. The molecule has 1 rings (SSSR count). The Labute approximate surface area is 110 Å². The minimum Gasteiger partial charge on any atom is -0.392 e. The summed E-state index contributed by atoms with van der Waals surface area (Å²) >= 11 is 5.09. The molecule has 0 radical (unpaired) electrons. The number of hydrogen-bond acceptors (Lipinski definition) is 2. The van der Waals surface area contributed by atoms with Crippen LogP contribution in [-0.4, -0.2) is 16.4 Å². The van der Waals surface area contributed by atoms with Crippen molar-refractivity contribution >= 4 is 23.1 Å². The second-order valence-corrected chi connectivity index (χ2v) is 6.12. The normalized spacial score (nSPS) is 28.4. The maximum absolute atomic E-state index is 12.4. The standard InChI is InChI=1S/C13H24N2OS/c1-5-12(4,6-2)15-11(16)13(10(14)17)7-9(3)8-13/h9H,5-8H2,1-4H3,(H2,14,17)(H,15,16). The van der Waals surface area contributed by atoms with Gasteiger partial charge in [-0.05, 0) is 38.5 Å². The van der Waals surface area contributed by atoms with Gasteiger partial charge in [-0.3, -0.25) is 4.79 Å². The topological polar surface area (TPSA) is 55.1 Å². The number of carbonyl (C=O) groups is 1. The fourth-order valence-corrected chi connectivity index (χ4v) is 2.71. The molecular weight excluding hydrogens is 232 g/mol. The highest BCUT2D eigenvalue weighted by Crippen LogP contribution is 2.46. The lowest BCUT2D eigenvalue weighted by Gasteiger charge is -2.46. The van der Waals surface area contributed by atoms with Gasteiger partial charge in [0.1, 0.15) is 0 Å². The molecule has 0 unspecified atom stereocenters. The monoisotopic (exact) mass is 256 g/mol. The third-order valence-electron chi connectivity index (χ3n) is 4.28. The van der Waals surface area contributed by atoms with Crippen molar-refractivity contribution in [1.29, 1.82) is 0 Å². The summed E-state index contributed by atoms with van der Waals surface area (Å²) in [5.74, 6) is 0.561. The van der Waals surface area contributed by atoms with Gasteiger partial charge in [-0.25, -0.2) is 0 Å². The summed E-state index contributed by atoms with van der Waals surface area (Å²) in [7, 11) is 0. The van der Waals surface area contributed by atoms with Crippen LogP contribution in [0.15, 0.2) is 0 Å². The van der Waals surface area contributed by atoms with Crippen molar-refractivity contribution in [3.05, 3.63) is 0 Å². The van der Waals surface area contributed by atoms with Crippen LogP contribution in [0.2, 0.25) is 0 Å². The van der Waals surface area contributed by atoms with Crippen molar-refractivity contribution in [3.63, 3.8) is 0 Å². The van der Waals surface area contributed by atoms with Crippen LogP contribution >= 0.6 is 12.2 Å². The van der Waals surface area contributed by atoms with E-state index in [1.165, 1.54) is 0 Å². The van der Waals surface area contributed by atoms with Gasteiger partial charge < -0.3 is 11.1 Å². The van der Waals surface area contributed by atoms with Crippen molar-refractivity contribution in [2.45, 2.75) is 58.9 Å². The van der Waals surface area contributed by atoms with Gasteiger partial charge in [0.25, 0.3) is 0 Å². The van der Waals surface area contributed by atoms with E-state index < -0.39 is 5.41 Å². The molecule has 4 heteroatoms. The summed E-state index contributed by atoms with van der Waals surface area (Å²) in [5, 5.41) is 3.13. The van der Waals surface area contributed by atoms with Crippen LogP contribution < -0.4 is 11.1 Å². The first-order valence-corrected chi connectivity index (χ1v) is 6.83. The predicted molar refractivity (Wildman–Crippen MR) is 74.7 cm³/mol. The molecule has 0 spiro atoms. The number of thiocarbonyl (C=S) groups is 1. The van der Waals surface area contributed by atoms with E-state index in [9.17, 15) is 4.79 Å². The molecule has 98 valence electrons. The van der Waals surface area contributed by atoms with Crippen molar-refractivity contribution in [2.24, 2.45) is 17.1 Å². The van der Waals surface area contributed by atoms with Crippen molar-refractivity contribution < 1.29 is 4.79 Å². The first-order chi connectivity index (χ1) is 7.79. The van der Waals surface area contributed by atoms with E-state index in [0.717, 1.165) is 25.7 Å². The van der Waals surface area contributed by atoms with Crippen LogP contribution in [-0.2, 0) is 4.79 Å². The summed E-state index contributed by atoms with van der Waals surface area (Å²) < 4.78 is 0. The van der Waals surface area contributed by atoms with Crippen molar-refractivity contribution in [1.82, 2.24) is 5.32 Å². The molecule has 1 fully saturated rings. The third kappa shape index (κ3) is 2.62. The average Bonchev–Trinajstić information content (AvgIpc) is 2.23. The van der Waals surface area contributed by atoms with Crippen LogP contribution in [0.1, 0.15) is 53.4 Å². The zero-order valence-electron chi connectivity index (χ0n) is 11.3. The molecular formula is C13H24N2OS. The summed E-state index contributed by atoms with van der Waals surface area (Å²) in [6.07, 6.45) is 3.41. The van der Waals surface area contributed by atoms with Crippen LogP contribution in [0.4, 0.5) is 0 Å². The summed E-state index contributed by atoms with van der Waals surface area (Å²) in [6.45, 7) is 8.37. The predicted octanol–water partition coefficient (Wildman–Crippen LogP) is 2.38. The molecule has 0 aliphatic heterocycles. The zero-order valence-corrected chi connectivity index (χ0v) is 12.1. The van der Waals surface area contributed by atoms with Gasteiger partial charge in [0.15, 0.2) is 0 Å². The van der Waals surface area contributed by atoms with Gasteiger partial charge >= 0.3 is 0 Å². The molecule has 17 heavy (non-hydrogen) atoms. The van der Waals surface area contributed by atoms with Gasteiger partial charge in [0.2, 0.25) is 5.91 Å². The Bertz CT molecular complexity index is 317. The molecule has 1 saturated carbocycles. The third-order valence-corrected chi connectivity index (χ3v) is 4.67. The molecule has 0 aromatic rings. The van der Waals surface area contributed by atoms with Crippen LogP contribution in [0.5, 0.6) is 0 Å². The number of rotatable bonds is 5. The Balaban J connectivity index is 2.78. The van der Waals surface area contributed by atoms with Gasteiger partial charge in [-0.1, -0.05) is 33.0 Å². The molecule has 0 bridgehead atoms. The Morgan fingerprint density at radius 1 is 1.47 bits per heavy atom. The first-order valence-electron chi connectivity index (χ1n) is 6.42. The minimum absolute atomic E-state index is 0.0225. The second kappa shape index (κ2) is 4.92. The van der Waals surface area contributed by atoms with E-state index in [1.54, 1.807) is 0 Å². The molecule has 1 amide bonds. The van der Waals surface area contributed by atoms with Crippen molar-refractivity contribution in [3.8, 4) is 0 Å². The van der Waals surface area contributed by atoms with Crippen LogP contribution in [0.3, 0.4) is 0 Å². The van der Waals surface area contributed by atoms with Crippen LogP contribution in [0, 0.1) is 11.3 Å². The van der Waals surface area contributed by atoms with E-state index in [4.69, 9.17) is 18.0 Å². The quantitative estimate of drug-likeness (QED) is 0.743. The molecule has 1 aliphatic rings. The lowest BCUT2D eigenvalue weighted by atomic mass is 9.61. The Hall–Kier alpha value is -0.640. The molecule has 0 aromatic carbocycles. The maximum atomic E-state index is 12.4. The molecule has 0 saturated heterocycles. The van der Waals surface area contributed by atoms with Gasteiger partial charge in [-0.2, -0.15) is 0 Å². The maximum Gasteiger partial charge on any atom is 0.233 e. The Morgan fingerprint density at radius 3 is 2.24 bits per heavy atom. The summed E-state index contributed by atoms with van der Waals surface area (Å²) in [5.41, 5.74) is 5.04. The summed E-state index contributed by atoms with van der Waals surface area (Å²) in [4.78, 5) is 12.7. The lowest BCUT2D eigenvalue weighted by Crippen LogP contribution is -2.60. The number of amides is 1. The average molecular weight is 256 g/mol. The molecule has 3 N–H and O–H groups in total. The number of nitrogens with two attached hydrogens (primary N) is 1. The minimum atomic E-state index is -0.583. The Kier molecular flexibility index (Phi) is 4.18. The SMILES string of the molecule is CCC(C)(CC)NC(=O)C1(C(N)=S)CC(C)C1. The molecule has 3 nitrogen and oxygen atoms in total. The van der Waals surface area contributed by atoms with Gasteiger partial charge in [0, 0.05) is 5.54 Å². The summed E-state index contributed by atoms with van der Waals surface area (Å²) in [6, 6.07) is 0. The van der Waals surface area contributed by atoms with E-state index in [-0.39, 0.29) is 11.4 Å². The van der Waals surface area contributed by atoms with E-state index in [1.807, 2.05) is 0 Å². The van der Waals surface area contributed by atoms with E-state index >= 15 is 0 Å². The molecule has 0 aromatic heterocycles. The number of hydrogen-bond donors (Lipinski definition) is 2. The fraction of sp³-hybridized carbons (Fsp3) is 0.846. The van der Waals surface area contributed by atoms with E-state index in [2.05, 4.69) is 33.0 Å². The molecule has 0 atom stereocenters. The highest BCUT2D eigenvalue weighted by Gasteiger charge is 2.51. The fourth-order valence-electron chi connectivity index (χ4n) is 2.45. The number of nitrogens with one attached hydrogen (secondary N) is 1. The number of carbonyl (C=O) groups excluding carboxylic acids is 1. The van der Waals surface area contributed by atoms with Gasteiger partial charge in [-0.15, -0.1) is 0 Å². The first kappa shape index (κ1) is 14.4. The Morgan fingerprint density at radius 2 is 1.94 bits per heavy atom. The highest BCUT2D eigenvalue weighted by molar-refractivity contribution is 7.80. The highest BCUT2D eigenvalue weighted by atomic mass is 32.1. The van der Waals surface area contributed by atoms with Gasteiger partial charge in [0.05, 0.1) is 10.4 Å². The smallest absolute Gasteiger partial charge is 0.233 e. The lowest BCUT2D eigenvalue weighted by molar-refractivity contribution is -0.134. The largest absolute Gasteiger partial charge is 0.392 e. The van der Waals surface area contributed by atoms with E-state index in [0.29, 0.717) is 10.9 Å². The van der Waals surface area contributed by atoms with Crippen molar-refractivity contribution in [2.75, 3.05) is 0 Å². The second-order valence-electron chi connectivity index (χ2n) is 5.68. The van der Waals surface area contributed by atoms with Crippen LogP contribution in [0.25, 0.3) is 0 Å².